The summed E-state index contributed by atoms with van der Waals surface area (Å²) in [4.78, 5) is 2.17. The Hall–Kier alpha value is -0.120. The van der Waals surface area contributed by atoms with Crippen LogP contribution < -0.4 is 0 Å². The topological polar surface area (TPSA) is 26.4 Å². The van der Waals surface area contributed by atoms with Gasteiger partial charge >= 0.3 is 0 Å². The predicted octanol–water partition coefficient (Wildman–Crippen LogP) is 1.77. The number of nitrogens with zero attached hydrogens (tertiary/aromatic N) is 2. The van der Waals surface area contributed by atoms with Crippen molar-refractivity contribution in [3.63, 3.8) is 0 Å². The van der Waals surface area contributed by atoms with Crippen molar-refractivity contribution < 1.29 is 5.21 Å². The van der Waals surface area contributed by atoms with Crippen molar-refractivity contribution in [2.45, 2.75) is 45.2 Å². The number of hydrogen-bond acceptors (Lipinski definition) is 2. The van der Waals surface area contributed by atoms with Crippen LogP contribution in [-0.2, 0) is 5.21 Å². The smallest absolute Gasteiger partial charge is 0.0484 e. The number of hydrogen-bond donors (Lipinski definition) is 0. The number of rotatable bonds is 2. The summed E-state index contributed by atoms with van der Waals surface area (Å²) in [6.45, 7) is 9.19. The van der Waals surface area contributed by atoms with Gasteiger partial charge < -0.3 is 4.90 Å². The van der Waals surface area contributed by atoms with Gasteiger partial charge in [-0.25, -0.2) is 0 Å². The minimum Gasteiger partial charge on any atom is -0.309 e. The fraction of sp³-hybridized carbons (Fsp3) is 1.00. The molecule has 0 amide bonds. The predicted molar refractivity (Wildman–Crippen MR) is 57.3 cm³/mol. The molecule has 0 spiro atoms. The molecule has 1 aliphatic rings. The minimum absolute atomic E-state index is 0.204. The highest BCUT2D eigenvalue weighted by atomic mass is 16.5. The largest absolute Gasteiger partial charge is 0.309 e. The van der Waals surface area contributed by atoms with Crippen LogP contribution >= 0.6 is 0 Å². The molecular weight excluding hydrogens is 176 g/mol. The molecule has 1 unspecified atom stereocenters. The van der Waals surface area contributed by atoms with Gasteiger partial charge in [-0.05, 0) is 54.1 Å². The Bertz CT molecular complexity index is 211. The second-order valence-corrected chi connectivity index (χ2v) is 5.92. The van der Waals surface area contributed by atoms with Crippen LogP contribution in [0.1, 0.15) is 34.1 Å². The third-order valence-corrected chi connectivity index (χ3v) is 3.40. The molecule has 0 aromatic carbocycles. The van der Waals surface area contributed by atoms with E-state index in [1.807, 2.05) is 13.8 Å². The second kappa shape index (κ2) is 3.47. The molecule has 14 heavy (non-hydrogen) atoms. The van der Waals surface area contributed by atoms with Gasteiger partial charge in [0, 0.05) is 17.6 Å². The standard InChI is InChI=1S/C11H23N2O/c1-10(2)7-9(8-12(5)6)11(3,4)13(10)14/h9H,7-8H2,1-6H3. The van der Waals surface area contributed by atoms with Gasteiger partial charge in [0.2, 0.25) is 0 Å². The molecule has 3 heteroatoms. The van der Waals surface area contributed by atoms with Crippen LogP contribution in [-0.4, -0.2) is 41.7 Å². The molecule has 0 aromatic rings. The molecule has 1 aliphatic heterocycles. The minimum atomic E-state index is -0.228. The Balaban J connectivity index is 2.80. The maximum Gasteiger partial charge on any atom is 0.0484 e. The molecule has 1 saturated heterocycles. The first-order valence-electron chi connectivity index (χ1n) is 5.30. The Labute approximate surface area is 87.7 Å². The van der Waals surface area contributed by atoms with Gasteiger partial charge in [-0.1, -0.05) is 0 Å². The van der Waals surface area contributed by atoms with Crippen molar-refractivity contribution in [1.82, 2.24) is 9.96 Å². The van der Waals surface area contributed by atoms with E-state index in [0.29, 0.717) is 5.92 Å². The molecule has 0 N–H and O–H groups in total. The summed E-state index contributed by atoms with van der Waals surface area (Å²) in [6.07, 6.45) is 0.988. The zero-order valence-corrected chi connectivity index (χ0v) is 10.3. The average Bonchev–Trinajstić information content (AvgIpc) is 2.12. The van der Waals surface area contributed by atoms with Crippen LogP contribution in [0, 0.1) is 5.92 Å². The van der Waals surface area contributed by atoms with Crippen LogP contribution in [0.5, 0.6) is 0 Å². The van der Waals surface area contributed by atoms with Crippen molar-refractivity contribution >= 4 is 0 Å². The van der Waals surface area contributed by atoms with E-state index >= 15 is 0 Å². The lowest BCUT2D eigenvalue weighted by atomic mass is 9.87. The van der Waals surface area contributed by atoms with E-state index in [0.717, 1.165) is 13.0 Å². The third kappa shape index (κ3) is 1.95. The van der Waals surface area contributed by atoms with Crippen molar-refractivity contribution in [3.8, 4) is 0 Å². The first-order valence-corrected chi connectivity index (χ1v) is 5.30. The summed E-state index contributed by atoms with van der Waals surface area (Å²) in [6, 6.07) is 0. The average molecular weight is 199 g/mol. The molecular formula is C11H23N2O. The molecule has 1 rings (SSSR count). The van der Waals surface area contributed by atoms with E-state index in [2.05, 4.69) is 32.8 Å². The highest BCUT2D eigenvalue weighted by molar-refractivity contribution is 5.02. The van der Waals surface area contributed by atoms with Crippen molar-refractivity contribution in [1.29, 1.82) is 0 Å². The highest BCUT2D eigenvalue weighted by Crippen LogP contribution is 2.43. The van der Waals surface area contributed by atoms with Gasteiger partial charge in [0.05, 0.1) is 0 Å². The van der Waals surface area contributed by atoms with Gasteiger partial charge in [-0.3, -0.25) is 0 Å². The quantitative estimate of drug-likeness (QED) is 0.677. The molecule has 1 atom stereocenters. The van der Waals surface area contributed by atoms with Gasteiger partial charge in [-0.2, -0.15) is 0 Å². The van der Waals surface area contributed by atoms with Crippen LogP contribution in [0.2, 0.25) is 0 Å². The third-order valence-electron chi connectivity index (χ3n) is 3.40. The second-order valence-electron chi connectivity index (χ2n) is 5.92. The zero-order valence-electron chi connectivity index (χ0n) is 10.3. The van der Waals surface area contributed by atoms with E-state index < -0.39 is 0 Å². The molecule has 83 valence electrons. The summed E-state index contributed by atoms with van der Waals surface area (Å²) in [5.41, 5.74) is -0.433. The normalized spacial score (nSPS) is 31.3. The molecule has 1 fully saturated rings. The number of hydroxylamine groups is 2. The molecule has 3 nitrogen and oxygen atoms in total. The van der Waals surface area contributed by atoms with E-state index in [4.69, 9.17) is 0 Å². The molecule has 0 bridgehead atoms. The van der Waals surface area contributed by atoms with Crippen molar-refractivity contribution in [3.05, 3.63) is 0 Å². The summed E-state index contributed by atoms with van der Waals surface area (Å²) < 4.78 is 0. The van der Waals surface area contributed by atoms with Crippen LogP contribution in [0.25, 0.3) is 0 Å². The lowest BCUT2D eigenvalue weighted by molar-refractivity contribution is -0.248. The van der Waals surface area contributed by atoms with Crippen LogP contribution in [0.4, 0.5) is 0 Å². The Kier molecular flexibility index (Phi) is 2.96. The summed E-state index contributed by atoms with van der Waals surface area (Å²) in [5.74, 6) is 0.463. The summed E-state index contributed by atoms with van der Waals surface area (Å²) in [7, 11) is 4.13. The van der Waals surface area contributed by atoms with Crippen molar-refractivity contribution in [2.75, 3.05) is 20.6 Å². The van der Waals surface area contributed by atoms with Gasteiger partial charge in [0.15, 0.2) is 0 Å². The lowest BCUT2D eigenvalue weighted by Crippen LogP contribution is -2.47. The monoisotopic (exact) mass is 199 g/mol. The Morgan fingerprint density at radius 2 is 1.79 bits per heavy atom. The fourth-order valence-electron chi connectivity index (χ4n) is 2.61. The van der Waals surface area contributed by atoms with Crippen LogP contribution in [0.3, 0.4) is 0 Å². The summed E-state index contributed by atoms with van der Waals surface area (Å²) in [5, 5.41) is 13.3. The van der Waals surface area contributed by atoms with Crippen LogP contribution in [0.15, 0.2) is 0 Å². The Morgan fingerprint density at radius 1 is 1.29 bits per heavy atom. The first kappa shape index (κ1) is 12.0. The van der Waals surface area contributed by atoms with E-state index in [1.54, 1.807) is 0 Å². The van der Waals surface area contributed by atoms with Gasteiger partial charge in [0.25, 0.3) is 0 Å². The lowest BCUT2D eigenvalue weighted by Gasteiger charge is -2.34. The van der Waals surface area contributed by atoms with Crippen molar-refractivity contribution in [2.24, 2.45) is 5.92 Å². The Morgan fingerprint density at radius 3 is 2.07 bits per heavy atom. The van der Waals surface area contributed by atoms with Gasteiger partial charge in [-0.15, -0.1) is 10.3 Å². The zero-order chi connectivity index (χ0) is 11.1. The molecule has 0 saturated carbocycles. The van der Waals surface area contributed by atoms with E-state index in [1.165, 1.54) is 5.06 Å². The first-order chi connectivity index (χ1) is 6.18. The summed E-state index contributed by atoms with van der Waals surface area (Å²) >= 11 is 0. The molecule has 0 aliphatic carbocycles. The maximum absolute atomic E-state index is 12.0. The van der Waals surface area contributed by atoms with E-state index in [9.17, 15) is 5.21 Å². The maximum atomic E-state index is 12.0. The van der Waals surface area contributed by atoms with Gasteiger partial charge in [0.1, 0.15) is 0 Å². The SMILES string of the molecule is CN(C)CC1CC(C)(C)N([O])C1(C)C. The molecule has 1 heterocycles. The molecule has 0 aromatic heterocycles. The van der Waals surface area contributed by atoms with E-state index in [-0.39, 0.29) is 11.1 Å². The highest BCUT2D eigenvalue weighted by Gasteiger charge is 2.52. The fourth-order valence-corrected chi connectivity index (χ4v) is 2.61. The molecule has 1 radical (unpaired) electrons.